The fraction of sp³-hybridized carbons (Fsp3) is 0.583. The molecule has 3 heteroatoms. The second kappa shape index (κ2) is 4.90. The van der Waals surface area contributed by atoms with Gasteiger partial charge in [0, 0.05) is 23.3 Å². The van der Waals surface area contributed by atoms with Crippen LogP contribution in [0.3, 0.4) is 0 Å². The van der Waals surface area contributed by atoms with Crippen LogP contribution in [0.4, 0.5) is 0 Å². The number of carbonyl (C=O) groups is 1. The Morgan fingerprint density at radius 3 is 2.93 bits per heavy atom. The first-order valence-corrected chi connectivity index (χ1v) is 6.46. The first-order valence-electron chi connectivity index (χ1n) is 5.58. The van der Waals surface area contributed by atoms with E-state index in [0.29, 0.717) is 12.2 Å². The number of carbonyl (C=O) groups excluding carboxylic acids is 1. The highest BCUT2D eigenvalue weighted by Crippen LogP contribution is 2.25. The Balaban J connectivity index is 1.95. The zero-order valence-electron chi connectivity index (χ0n) is 8.82. The third-order valence-electron chi connectivity index (χ3n) is 3.16. The molecular weight excluding hydrogens is 206 g/mol. The molecule has 2 nitrogen and oxygen atoms in total. The molecule has 0 amide bonds. The van der Waals surface area contributed by atoms with Crippen LogP contribution in [0.2, 0.25) is 0 Å². The topological polar surface area (TPSA) is 43.1 Å². The zero-order valence-corrected chi connectivity index (χ0v) is 9.63. The zero-order chi connectivity index (χ0) is 10.7. The summed E-state index contributed by atoms with van der Waals surface area (Å²) in [5.74, 6) is 0.450. The third kappa shape index (κ3) is 2.67. The summed E-state index contributed by atoms with van der Waals surface area (Å²) in [5.41, 5.74) is 5.99. The van der Waals surface area contributed by atoms with Crippen molar-refractivity contribution < 1.29 is 4.79 Å². The van der Waals surface area contributed by atoms with Crippen molar-refractivity contribution in [2.24, 2.45) is 11.7 Å². The number of Topliss-reactive ketones (excluding diaryl/α,β-unsaturated/α-hetero) is 1. The standard InChI is InChI=1S/C12H17NOS/c13-11-6-2-1-5-10(11)12(14)8-9-4-3-7-15-9/h3-4,7,10-11H,1-2,5-6,8,13H2. The van der Waals surface area contributed by atoms with Crippen LogP contribution in [0.5, 0.6) is 0 Å². The van der Waals surface area contributed by atoms with Gasteiger partial charge in [-0.3, -0.25) is 4.79 Å². The van der Waals surface area contributed by atoms with Crippen molar-refractivity contribution in [1.29, 1.82) is 0 Å². The summed E-state index contributed by atoms with van der Waals surface area (Å²) in [7, 11) is 0. The van der Waals surface area contributed by atoms with Gasteiger partial charge in [0.25, 0.3) is 0 Å². The van der Waals surface area contributed by atoms with Crippen LogP contribution in [-0.4, -0.2) is 11.8 Å². The van der Waals surface area contributed by atoms with Gasteiger partial charge >= 0.3 is 0 Å². The molecule has 0 bridgehead atoms. The largest absolute Gasteiger partial charge is 0.327 e. The summed E-state index contributed by atoms with van der Waals surface area (Å²) in [5, 5.41) is 2.02. The lowest BCUT2D eigenvalue weighted by molar-refractivity contribution is -0.123. The maximum absolute atomic E-state index is 12.0. The van der Waals surface area contributed by atoms with Crippen molar-refractivity contribution in [2.75, 3.05) is 0 Å². The number of hydrogen-bond acceptors (Lipinski definition) is 3. The van der Waals surface area contributed by atoms with Crippen molar-refractivity contribution in [3.05, 3.63) is 22.4 Å². The first-order chi connectivity index (χ1) is 7.27. The predicted molar refractivity (Wildman–Crippen MR) is 63.0 cm³/mol. The van der Waals surface area contributed by atoms with Gasteiger partial charge in [0.1, 0.15) is 5.78 Å². The molecule has 0 radical (unpaired) electrons. The summed E-state index contributed by atoms with van der Waals surface area (Å²) in [4.78, 5) is 13.2. The molecular formula is C12H17NOS. The summed E-state index contributed by atoms with van der Waals surface area (Å²) >= 11 is 1.65. The Morgan fingerprint density at radius 1 is 1.47 bits per heavy atom. The molecule has 2 rings (SSSR count). The molecule has 2 atom stereocenters. The van der Waals surface area contributed by atoms with Gasteiger partial charge in [-0.15, -0.1) is 11.3 Å². The molecule has 82 valence electrons. The number of rotatable bonds is 3. The SMILES string of the molecule is NC1CCCCC1C(=O)Cc1cccs1. The van der Waals surface area contributed by atoms with Crippen LogP contribution in [0.25, 0.3) is 0 Å². The van der Waals surface area contributed by atoms with Crippen LogP contribution in [0.15, 0.2) is 17.5 Å². The van der Waals surface area contributed by atoms with Crippen LogP contribution < -0.4 is 5.73 Å². The Hall–Kier alpha value is -0.670. The summed E-state index contributed by atoms with van der Waals surface area (Å²) in [6.45, 7) is 0. The summed E-state index contributed by atoms with van der Waals surface area (Å²) in [6, 6.07) is 4.12. The molecule has 1 fully saturated rings. The second-order valence-corrected chi connectivity index (χ2v) is 5.31. The molecule has 0 aliphatic heterocycles. The molecule has 1 saturated carbocycles. The normalized spacial score (nSPS) is 26.5. The van der Waals surface area contributed by atoms with Gasteiger partial charge < -0.3 is 5.73 Å². The molecule has 15 heavy (non-hydrogen) atoms. The maximum atomic E-state index is 12.0. The molecule has 0 saturated heterocycles. The highest BCUT2D eigenvalue weighted by molar-refractivity contribution is 7.10. The summed E-state index contributed by atoms with van der Waals surface area (Å²) < 4.78 is 0. The van der Waals surface area contributed by atoms with Crippen LogP contribution in [0.1, 0.15) is 30.6 Å². The monoisotopic (exact) mass is 223 g/mol. The van der Waals surface area contributed by atoms with Crippen molar-refractivity contribution in [3.8, 4) is 0 Å². The smallest absolute Gasteiger partial charge is 0.142 e. The van der Waals surface area contributed by atoms with E-state index in [4.69, 9.17) is 5.73 Å². The highest BCUT2D eigenvalue weighted by atomic mass is 32.1. The molecule has 1 aliphatic rings. The molecule has 1 aromatic rings. The molecule has 0 aromatic carbocycles. The molecule has 1 aliphatic carbocycles. The molecule has 1 heterocycles. The summed E-state index contributed by atoms with van der Waals surface area (Å²) in [6.07, 6.45) is 4.93. The molecule has 2 unspecified atom stereocenters. The number of nitrogens with two attached hydrogens (primary N) is 1. The highest BCUT2D eigenvalue weighted by Gasteiger charge is 2.27. The van der Waals surface area contributed by atoms with Gasteiger partial charge in [0.2, 0.25) is 0 Å². The van der Waals surface area contributed by atoms with Gasteiger partial charge in [0.05, 0.1) is 0 Å². The Labute approximate surface area is 94.5 Å². The Kier molecular flexibility index (Phi) is 3.54. The predicted octanol–water partition coefficient (Wildman–Crippen LogP) is 2.38. The fourth-order valence-corrected chi connectivity index (χ4v) is 2.99. The van der Waals surface area contributed by atoms with E-state index in [0.717, 1.165) is 24.1 Å². The maximum Gasteiger partial charge on any atom is 0.142 e. The van der Waals surface area contributed by atoms with Crippen LogP contribution in [0, 0.1) is 5.92 Å². The minimum Gasteiger partial charge on any atom is -0.327 e. The van der Waals surface area contributed by atoms with E-state index in [1.165, 1.54) is 6.42 Å². The minimum atomic E-state index is 0.103. The first kappa shape index (κ1) is 10.8. The average molecular weight is 223 g/mol. The van der Waals surface area contributed by atoms with E-state index < -0.39 is 0 Å². The van der Waals surface area contributed by atoms with Gasteiger partial charge in [-0.1, -0.05) is 18.9 Å². The number of thiophene rings is 1. The van der Waals surface area contributed by atoms with E-state index in [2.05, 4.69) is 0 Å². The lowest BCUT2D eigenvalue weighted by Gasteiger charge is -2.27. The van der Waals surface area contributed by atoms with Gasteiger partial charge in [-0.2, -0.15) is 0 Å². The van der Waals surface area contributed by atoms with Crippen molar-refractivity contribution in [2.45, 2.75) is 38.1 Å². The lowest BCUT2D eigenvalue weighted by Crippen LogP contribution is -2.38. The van der Waals surface area contributed by atoms with Gasteiger partial charge in [-0.05, 0) is 24.3 Å². The van der Waals surface area contributed by atoms with E-state index >= 15 is 0 Å². The van der Waals surface area contributed by atoms with Crippen molar-refractivity contribution in [1.82, 2.24) is 0 Å². The molecule has 1 aromatic heterocycles. The van der Waals surface area contributed by atoms with Crippen LogP contribution >= 0.6 is 11.3 Å². The van der Waals surface area contributed by atoms with Crippen LogP contribution in [-0.2, 0) is 11.2 Å². The van der Waals surface area contributed by atoms with Crippen molar-refractivity contribution in [3.63, 3.8) is 0 Å². The Morgan fingerprint density at radius 2 is 2.27 bits per heavy atom. The van der Waals surface area contributed by atoms with E-state index in [9.17, 15) is 4.79 Å². The van der Waals surface area contributed by atoms with Gasteiger partial charge in [0.15, 0.2) is 0 Å². The Bertz CT molecular complexity index is 320. The second-order valence-electron chi connectivity index (χ2n) is 4.28. The van der Waals surface area contributed by atoms with Gasteiger partial charge in [-0.25, -0.2) is 0 Å². The molecule has 0 spiro atoms. The fourth-order valence-electron chi connectivity index (χ4n) is 2.28. The lowest BCUT2D eigenvalue weighted by atomic mass is 9.81. The van der Waals surface area contributed by atoms with E-state index in [1.807, 2.05) is 17.5 Å². The quantitative estimate of drug-likeness (QED) is 0.855. The van der Waals surface area contributed by atoms with Crippen molar-refractivity contribution >= 4 is 17.1 Å². The molecule has 2 N–H and O–H groups in total. The average Bonchev–Trinajstić information content (AvgIpc) is 2.71. The van der Waals surface area contributed by atoms with E-state index in [-0.39, 0.29) is 12.0 Å². The third-order valence-corrected chi connectivity index (χ3v) is 4.04. The number of hydrogen-bond donors (Lipinski definition) is 1. The minimum absolute atomic E-state index is 0.103. The number of ketones is 1. The van der Waals surface area contributed by atoms with E-state index in [1.54, 1.807) is 11.3 Å².